The van der Waals surface area contributed by atoms with E-state index in [2.05, 4.69) is 6.58 Å². The molecule has 1 aliphatic rings. The van der Waals surface area contributed by atoms with Crippen molar-refractivity contribution in [3.63, 3.8) is 0 Å². The molecule has 1 saturated heterocycles. The number of rotatable bonds is 4. The molecular formula is C8H12N3O-. The summed E-state index contributed by atoms with van der Waals surface area (Å²) in [6.45, 7) is 5.11. The monoisotopic (exact) mass is 166 g/mol. The fourth-order valence-corrected chi connectivity index (χ4v) is 0.739. The maximum Gasteiger partial charge on any atom is 0.0564 e. The van der Waals surface area contributed by atoms with E-state index in [1.54, 1.807) is 23.2 Å². The third kappa shape index (κ3) is 2.11. The molecule has 0 saturated carbocycles. The summed E-state index contributed by atoms with van der Waals surface area (Å²) in [6.07, 6.45) is 6.18. The molecule has 1 fully saturated rings. The van der Waals surface area contributed by atoms with Gasteiger partial charge < -0.3 is 16.1 Å². The molecule has 1 aliphatic heterocycles. The van der Waals surface area contributed by atoms with Gasteiger partial charge in [-0.3, -0.25) is 0 Å². The molecule has 12 heavy (non-hydrogen) atoms. The summed E-state index contributed by atoms with van der Waals surface area (Å²) in [6, 6.07) is 0. The number of hydroxylamine groups is 1. The summed E-state index contributed by atoms with van der Waals surface area (Å²) in [5.74, 6) is 0. The number of nitrogens with zero attached hydrogens (tertiary/aromatic N) is 2. The predicted molar refractivity (Wildman–Crippen MR) is 48.4 cm³/mol. The molecule has 1 heterocycles. The highest BCUT2D eigenvalue weighted by atomic mass is 16.6. The summed E-state index contributed by atoms with van der Waals surface area (Å²) in [5.41, 5.74) is 5.70. The highest BCUT2D eigenvalue weighted by Crippen LogP contribution is 2.14. The van der Waals surface area contributed by atoms with Gasteiger partial charge >= 0.3 is 0 Å². The van der Waals surface area contributed by atoms with Gasteiger partial charge in [0.05, 0.1) is 5.70 Å². The van der Waals surface area contributed by atoms with Crippen molar-refractivity contribution in [2.45, 2.75) is 0 Å². The zero-order chi connectivity index (χ0) is 8.97. The van der Waals surface area contributed by atoms with E-state index in [4.69, 9.17) is 5.73 Å². The van der Waals surface area contributed by atoms with Crippen molar-refractivity contribution in [2.75, 3.05) is 13.1 Å². The van der Waals surface area contributed by atoms with Crippen LogP contribution < -0.4 is 5.73 Å². The van der Waals surface area contributed by atoms with Crippen molar-refractivity contribution >= 4 is 0 Å². The standard InChI is InChI=1S/C8H12N3O/c1-2-3-4-8(7-9)11(12)10-5-6-10/h2-4,7H,1,5-6,9H2/q-1/b4-3-,8-7+. The molecular weight excluding hydrogens is 154 g/mol. The Labute approximate surface area is 71.8 Å². The molecule has 0 aromatic rings. The Hall–Kier alpha value is -1.26. The van der Waals surface area contributed by atoms with Gasteiger partial charge in [-0.15, -0.1) is 0 Å². The molecule has 2 N–H and O–H groups in total. The highest BCUT2D eigenvalue weighted by molar-refractivity contribution is 5.20. The highest BCUT2D eigenvalue weighted by Gasteiger charge is 2.19. The second-order valence-corrected chi connectivity index (χ2v) is 2.41. The van der Waals surface area contributed by atoms with Crippen LogP contribution >= 0.6 is 0 Å². The van der Waals surface area contributed by atoms with Crippen LogP contribution in [0.25, 0.3) is 0 Å². The van der Waals surface area contributed by atoms with E-state index in [9.17, 15) is 5.21 Å². The van der Waals surface area contributed by atoms with E-state index in [-0.39, 0.29) is 0 Å². The van der Waals surface area contributed by atoms with Gasteiger partial charge in [0, 0.05) is 19.3 Å². The van der Waals surface area contributed by atoms with Gasteiger partial charge in [-0.2, -0.15) is 0 Å². The van der Waals surface area contributed by atoms with Crippen LogP contribution in [0.2, 0.25) is 0 Å². The molecule has 66 valence electrons. The van der Waals surface area contributed by atoms with Crippen LogP contribution in [0, 0.1) is 5.21 Å². The smallest absolute Gasteiger partial charge is 0.0564 e. The van der Waals surface area contributed by atoms with Gasteiger partial charge in [0.15, 0.2) is 0 Å². The van der Waals surface area contributed by atoms with Crippen LogP contribution in [0.3, 0.4) is 0 Å². The zero-order valence-electron chi connectivity index (χ0n) is 6.81. The third-order valence-corrected chi connectivity index (χ3v) is 1.48. The van der Waals surface area contributed by atoms with Gasteiger partial charge in [-0.25, -0.2) is 5.01 Å². The molecule has 4 nitrogen and oxygen atoms in total. The lowest BCUT2D eigenvalue weighted by atomic mass is 10.4. The lowest BCUT2D eigenvalue weighted by Crippen LogP contribution is -2.21. The van der Waals surface area contributed by atoms with E-state index in [1.807, 2.05) is 0 Å². The van der Waals surface area contributed by atoms with Crippen LogP contribution in [0.15, 0.2) is 36.7 Å². The Kier molecular flexibility index (Phi) is 2.90. The minimum absolute atomic E-state index is 0.437. The molecule has 0 atom stereocenters. The summed E-state index contributed by atoms with van der Waals surface area (Å²) in [5, 5.41) is 13.7. The number of hydrogen-bond acceptors (Lipinski definition) is 4. The van der Waals surface area contributed by atoms with Crippen molar-refractivity contribution in [3.05, 3.63) is 41.9 Å². The maximum atomic E-state index is 11.3. The van der Waals surface area contributed by atoms with E-state index in [1.165, 1.54) is 6.20 Å². The predicted octanol–water partition coefficient (Wildman–Crippen LogP) is 0.559. The van der Waals surface area contributed by atoms with Crippen LogP contribution in [0.1, 0.15) is 0 Å². The van der Waals surface area contributed by atoms with Crippen molar-refractivity contribution in [2.24, 2.45) is 5.73 Å². The number of nitrogens with two attached hydrogens (primary N) is 1. The average molecular weight is 166 g/mol. The van der Waals surface area contributed by atoms with Gasteiger partial charge in [-0.1, -0.05) is 18.7 Å². The van der Waals surface area contributed by atoms with Gasteiger partial charge in [0.1, 0.15) is 0 Å². The Balaban J connectivity index is 2.54. The minimum atomic E-state index is 0.437. The van der Waals surface area contributed by atoms with Crippen LogP contribution in [-0.2, 0) is 0 Å². The minimum Gasteiger partial charge on any atom is -0.743 e. The van der Waals surface area contributed by atoms with Crippen LogP contribution in [-0.4, -0.2) is 23.3 Å². The summed E-state index contributed by atoms with van der Waals surface area (Å²) in [4.78, 5) is 0. The van der Waals surface area contributed by atoms with Crippen LogP contribution in [0.5, 0.6) is 0 Å². The third-order valence-electron chi connectivity index (χ3n) is 1.48. The van der Waals surface area contributed by atoms with Crippen molar-refractivity contribution in [1.82, 2.24) is 10.2 Å². The summed E-state index contributed by atoms with van der Waals surface area (Å²) < 4.78 is 0. The SMILES string of the molecule is C=C/C=C\C(=C/N)N([O-])N1CC1. The first-order chi connectivity index (χ1) is 5.79. The maximum absolute atomic E-state index is 11.3. The second kappa shape index (κ2) is 3.94. The Morgan fingerprint density at radius 2 is 2.25 bits per heavy atom. The Morgan fingerprint density at radius 3 is 2.67 bits per heavy atom. The molecule has 1 rings (SSSR count). The largest absolute Gasteiger partial charge is 0.743 e. The Morgan fingerprint density at radius 1 is 1.58 bits per heavy atom. The lowest BCUT2D eigenvalue weighted by Gasteiger charge is -2.31. The molecule has 4 heteroatoms. The molecule has 0 spiro atoms. The van der Waals surface area contributed by atoms with Gasteiger partial charge in [-0.05, 0) is 6.08 Å². The van der Waals surface area contributed by atoms with E-state index >= 15 is 0 Å². The molecule has 0 amide bonds. The molecule has 0 aromatic carbocycles. The van der Waals surface area contributed by atoms with E-state index < -0.39 is 0 Å². The van der Waals surface area contributed by atoms with Gasteiger partial charge in [0.2, 0.25) is 0 Å². The number of hydrogen-bond donors (Lipinski definition) is 1. The van der Waals surface area contributed by atoms with Crippen molar-refractivity contribution < 1.29 is 0 Å². The normalized spacial score (nSPS) is 18.2. The zero-order valence-corrected chi connectivity index (χ0v) is 6.81. The molecule has 0 unspecified atom stereocenters. The Bertz CT molecular complexity index is 218. The summed E-state index contributed by atoms with van der Waals surface area (Å²) in [7, 11) is 0. The first kappa shape index (κ1) is 8.83. The van der Waals surface area contributed by atoms with Crippen LogP contribution in [0.4, 0.5) is 0 Å². The van der Waals surface area contributed by atoms with Crippen molar-refractivity contribution in [3.8, 4) is 0 Å². The fourth-order valence-electron chi connectivity index (χ4n) is 0.739. The lowest BCUT2D eigenvalue weighted by molar-refractivity contribution is 0.218. The second-order valence-electron chi connectivity index (χ2n) is 2.41. The molecule has 0 aromatic heterocycles. The van der Waals surface area contributed by atoms with E-state index in [0.717, 1.165) is 18.3 Å². The van der Waals surface area contributed by atoms with Crippen molar-refractivity contribution in [1.29, 1.82) is 0 Å². The number of allylic oxidation sites excluding steroid dienone is 3. The topological polar surface area (TPSA) is 55.3 Å². The summed E-state index contributed by atoms with van der Waals surface area (Å²) >= 11 is 0. The quantitative estimate of drug-likeness (QED) is 0.376. The first-order valence-electron chi connectivity index (χ1n) is 3.72. The fraction of sp³-hybridized carbons (Fsp3) is 0.250. The number of hydrazine groups is 1. The average Bonchev–Trinajstić information content (AvgIpc) is 2.88. The molecule has 0 radical (unpaired) electrons. The van der Waals surface area contributed by atoms with E-state index in [0.29, 0.717) is 5.70 Å². The first-order valence-corrected chi connectivity index (χ1v) is 3.72. The molecule has 0 bridgehead atoms. The van der Waals surface area contributed by atoms with Gasteiger partial charge in [0.25, 0.3) is 0 Å². The molecule has 0 aliphatic carbocycles.